The first-order valence-electron chi connectivity index (χ1n) is 7.74. The van der Waals surface area contributed by atoms with Crippen molar-refractivity contribution in [3.63, 3.8) is 0 Å². The van der Waals surface area contributed by atoms with Gasteiger partial charge >= 0.3 is 6.03 Å². The zero-order valence-corrected chi connectivity index (χ0v) is 13.0. The van der Waals surface area contributed by atoms with Gasteiger partial charge in [-0.15, -0.1) is 0 Å². The van der Waals surface area contributed by atoms with Crippen LogP contribution < -0.4 is 5.43 Å². The number of nitrogens with zero attached hydrogens (tertiary/aromatic N) is 2. The third-order valence-electron chi connectivity index (χ3n) is 3.61. The molecule has 2 rings (SSSR count). The maximum Gasteiger partial charge on any atom is 0.336 e. The third kappa shape index (κ3) is 5.25. The summed E-state index contributed by atoms with van der Waals surface area (Å²) in [7, 11) is 0. The summed E-state index contributed by atoms with van der Waals surface area (Å²) >= 11 is 0. The van der Waals surface area contributed by atoms with E-state index >= 15 is 0 Å². The molecular weight excluding hydrogens is 294 g/mol. The SMILES string of the molecule is O=CCN(NC(=O)N1CCCCC1)C(=O)C=Cc1ccccc1. The molecule has 23 heavy (non-hydrogen) atoms. The van der Waals surface area contributed by atoms with Crippen LogP contribution in [0.4, 0.5) is 4.79 Å². The molecular formula is C17H21N3O3. The van der Waals surface area contributed by atoms with Crippen molar-refractivity contribution >= 4 is 24.3 Å². The van der Waals surface area contributed by atoms with Crippen molar-refractivity contribution in [3.8, 4) is 0 Å². The second-order valence-electron chi connectivity index (χ2n) is 5.32. The Morgan fingerprint density at radius 2 is 1.83 bits per heavy atom. The first-order valence-corrected chi connectivity index (χ1v) is 7.74. The first-order chi connectivity index (χ1) is 11.2. The fourth-order valence-corrected chi connectivity index (χ4v) is 2.37. The van der Waals surface area contributed by atoms with E-state index in [9.17, 15) is 14.4 Å². The number of benzene rings is 1. The lowest BCUT2D eigenvalue weighted by Gasteiger charge is -2.29. The number of rotatable bonds is 4. The molecule has 1 heterocycles. The highest BCUT2D eigenvalue weighted by atomic mass is 16.2. The lowest BCUT2D eigenvalue weighted by atomic mass is 10.1. The zero-order valence-electron chi connectivity index (χ0n) is 13.0. The Bertz CT molecular complexity index is 566. The number of piperidine rings is 1. The van der Waals surface area contributed by atoms with Gasteiger partial charge in [0.2, 0.25) is 0 Å². The molecule has 122 valence electrons. The standard InChI is InChI=1S/C17H21N3O3/c21-14-13-20(18-17(23)19-11-5-2-6-12-19)16(22)10-9-15-7-3-1-4-8-15/h1,3-4,7-10,14H,2,5-6,11-13H2,(H,18,23). The van der Waals surface area contributed by atoms with E-state index in [1.54, 1.807) is 11.0 Å². The van der Waals surface area contributed by atoms with Crippen LogP contribution in [0.1, 0.15) is 24.8 Å². The van der Waals surface area contributed by atoms with Gasteiger partial charge in [-0.25, -0.2) is 15.2 Å². The van der Waals surface area contributed by atoms with E-state index in [-0.39, 0.29) is 12.6 Å². The highest BCUT2D eigenvalue weighted by Gasteiger charge is 2.20. The minimum atomic E-state index is -0.439. The summed E-state index contributed by atoms with van der Waals surface area (Å²) in [4.78, 5) is 36.7. The summed E-state index contributed by atoms with van der Waals surface area (Å²) in [5.41, 5.74) is 3.38. The van der Waals surface area contributed by atoms with Crippen LogP contribution in [0, 0.1) is 0 Å². The maximum absolute atomic E-state index is 12.2. The van der Waals surface area contributed by atoms with Crippen molar-refractivity contribution in [1.82, 2.24) is 15.3 Å². The monoisotopic (exact) mass is 315 g/mol. The van der Waals surface area contributed by atoms with E-state index in [0.717, 1.165) is 29.8 Å². The van der Waals surface area contributed by atoms with Crippen LogP contribution in [-0.2, 0) is 9.59 Å². The van der Waals surface area contributed by atoms with Crippen molar-refractivity contribution in [2.24, 2.45) is 0 Å². The molecule has 6 heteroatoms. The van der Waals surface area contributed by atoms with Gasteiger partial charge in [-0.3, -0.25) is 4.79 Å². The molecule has 1 aliphatic heterocycles. The van der Waals surface area contributed by atoms with E-state index in [4.69, 9.17) is 0 Å². The predicted molar refractivity (Wildman–Crippen MR) is 87.2 cm³/mol. The van der Waals surface area contributed by atoms with Crippen LogP contribution in [0.2, 0.25) is 0 Å². The normalized spacial score (nSPS) is 14.5. The number of carbonyl (C=O) groups is 3. The van der Waals surface area contributed by atoms with Crippen LogP contribution >= 0.6 is 0 Å². The summed E-state index contributed by atoms with van der Waals surface area (Å²) in [6, 6.07) is 9.00. The van der Waals surface area contributed by atoms with Crippen molar-refractivity contribution < 1.29 is 14.4 Å². The summed E-state index contributed by atoms with van der Waals surface area (Å²) in [5.74, 6) is -0.439. The van der Waals surface area contributed by atoms with Gasteiger partial charge in [0.25, 0.3) is 5.91 Å². The quantitative estimate of drug-likeness (QED) is 0.523. The number of hydrogen-bond acceptors (Lipinski definition) is 3. The molecule has 6 nitrogen and oxygen atoms in total. The Morgan fingerprint density at radius 3 is 2.48 bits per heavy atom. The van der Waals surface area contributed by atoms with Gasteiger partial charge in [0.15, 0.2) is 0 Å². The summed E-state index contributed by atoms with van der Waals surface area (Å²) in [6.07, 6.45) is 6.61. The number of hydrazine groups is 1. The highest BCUT2D eigenvalue weighted by molar-refractivity contribution is 5.94. The van der Waals surface area contributed by atoms with Gasteiger partial charge in [0, 0.05) is 19.2 Å². The number of likely N-dealkylation sites (tertiary alicyclic amines) is 1. The molecule has 0 aliphatic carbocycles. The van der Waals surface area contributed by atoms with Crippen molar-refractivity contribution in [3.05, 3.63) is 42.0 Å². The van der Waals surface area contributed by atoms with Crippen molar-refractivity contribution in [2.75, 3.05) is 19.6 Å². The van der Waals surface area contributed by atoms with Gasteiger partial charge < -0.3 is 9.69 Å². The molecule has 1 fully saturated rings. The molecule has 0 saturated carbocycles. The second kappa shape index (κ2) is 8.73. The summed E-state index contributed by atoms with van der Waals surface area (Å²) in [5, 5.41) is 1.03. The third-order valence-corrected chi connectivity index (χ3v) is 3.61. The largest absolute Gasteiger partial charge is 0.336 e. The molecule has 1 aromatic carbocycles. The topological polar surface area (TPSA) is 69.7 Å². The molecule has 3 amide bonds. The predicted octanol–water partition coefficient (Wildman–Crippen LogP) is 1.84. The number of amides is 3. The number of nitrogens with one attached hydrogen (secondary N) is 1. The van der Waals surface area contributed by atoms with Crippen LogP contribution in [0.15, 0.2) is 36.4 Å². The number of aldehydes is 1. The van der Waals surface area contributed by atoms with Crippen molar-refractivity contribution in [2.45, 2.75) is 19.3 Å². The molecule has 1 N–H and O–H groups in total. The van der Waals surface area contributed by atoms with E-state index in [0.29, 0.717) is 19.4 Å². The van der Waals surface area contributed by atoms with E-state index in [2.05, 4.69) is 5.43 Å². The number of hydrogen-bond donors (Lipinski definition) is 1. The van der Waals surface area contributed by atoms with Crippen LogP contribution in [-0.4, -0.2) is 47.8 Å². The summed E-state index contributed by atoms with van der Waals surface area (Å²) in [6.45, 7) is 1.17. The number of carbonyl (C=O) groups excluding carboxylic acids is 3. The van der Waals surface area contributed by atoms with Gasteiger partial charge in [-0.1, -0.05) is 30.3 Å². The Hall–Kier alpha value is -2.63. The van der Waals surface area contributed by atoms with Gasteiger partial charge in [-0.2, -0.15) is 0 Å². The molecule has 1 aromatic rings. The second-order valence-corrected chi connectivity index (χ2v) is 5.32. The zero-order chi connectivity index (χ0) is 16.5. The minimum absolute atomic E-state index is 0.183. The van der Waals surface area contributed by atoms with E-state index in [1.807, 2.05) is 30.3 Å². The lowest BCUT2D eigenvalue weighted by molar-refractivity contribution is -0.130. The highest BCUT2D eigenvalue weighted by Crippen LogP contribution is 2.08. The summed E-state index contributed by atoms with van der Waals surface area (Å²) < 4.78 is 0. The van der Waals surface area contributed by atoms with E-state index in [1.165, 1.54) is 6.08 Å². The van der Waals surface area contributed by atoms with Gasteiger partial charge in [0.05, 0.1) is 6.54 Å². The molecule has 0 bridgehead atoms. The molecule has 0 unspecified atom stereocenters. The molecule has 0 atom stereocenters. The lowest BCUT2D eigenvalue weighted by Crippen LogP contribution is -2.52. The fraction of sp³-hybridized carbons (Fsp3) is 0.353. The smallest absolute Gasteiger partial charge is 0.323 e. The molecule has 0 spiro atoms. The van der Waals surface area contributed by atoms with Gasteiger partial charge in [-0.05, 0) is 30.9 Å². The average Bonchev–Trinajstić information content (AvgIpc) is 2.61. The van der Waals surface area contributed by atoms with E-state index < -0.39 is 5.91 Å². The Labute approximate surface area is 135 Å². The number of urea groups is 1. The first kappa shape index (κ1) is 16.7. The minimum Gasteiger partial charge on any atom is -0.323 e. The van der Waals surface area contributed by atoms with Crippen LogP contribution in [0.25, 0.3) is 6.08 Å². The molecule has 1 saturated heterocycles. The Morgan fingerprint density at radius 1 is 1.13 bits per heavy atom. The Kier molecular flexibility index (Phi) is 6.35. The maximum atomic E-state index is 12.2. The molecule has 0 aromatic heterocycles. The average molecular weight is 315 g/mol. The molecule has 1 aliphatic rings. The van der Waals surface area contributed by atoms with Crippen LogP contribution in [0.3, 0.4) is 0 Å². The van der Waals surface area contributed by atoms with Crippen molar-refractivity contribution in [1.29, 1.82) is 0 Å². The fourth-order valence-electron chi connectivity index (χ4n) is 2.37. The van der Waals surface area contributed by atoms with Crippen LogP contribution in [0.5, 0.6) is 0 Å². The van der Waals surface area contributed by atoms with Gasteiger partial charge in [0.1, 0.15) is 6.29 Å². The molecule has 0 radical (unpaired) electrons. The Balaban J connectivity index is 1.96.